The van der Waals surface area contributed by atoms with E-state index in [0.29, 0.717) is 18.8 Å². The predicted molar refractivity (Wildman–Crippen MR) is 78.3 cm³/mol. The molecule has 1 aliphatic rings. The largest absolute Gasteiger partial charge is 0.480 e. The highest BCUT2D eigenvalue weighted by molar-refractivity contribution is 5.86. The summed E-state index contributed by atoms with van der Waals surface area (Å²) in [4.78, 5) is 23.2. The Hall–Kier alpha value is -1.10. The summed E-state index contributed by atoms with van der Waals surface area (Å²) in [7, 11) is 0. The van der Waals surface area contributed by atoms with Gasteiger partial charge in [-0.3, -0.25) is 4.79 Å². The van der Waals surface area contributed by atoms with Gasteiger partial charge in [0.15, 0.2) is 0 Å². The average molecular weight is 284 g/mol. The third kappa shape index (κ3) is 5.90. The summed E-state index contributed by atoms with van der Waals surface area (Å²) in [5.41, 5.74) is 5.78. The van der Waals surface area contributed by atoms with Crippen LogP contribution in [0.1, 0.15) is 64.7 Å². The minimum absolute atomic E-state index is 0.332. The molecule has 0 aliphatic heterocycles. The number of rotatable bonds is 8. The molecular formula is C15H28N2O3. The molecule has 20 heavy (non-hydrogen) atoms. The summed E-state index contributed by atoms with van der Waals surface area (Å²) in [6.45, 7) is 2.04. The van der Waals surface area contributed by atoms with Crippen molar-refractivity contribution in [1.82, 2.24) is 5.32 Å². The molecule has 1 amide bonds. The first-order chi connectivity index (χ1) is 9.54. The second-order valence-electron chi connectivity index (χ2n) is 5.89. The first-order valence-corrected chi connectivity index (χ1v) is 7.83. The van der Waals surface area contributed by atoms with Gasteiger partial charge in [0.05, 0.1) is 6.04 Å². The van der Waals surface area contributed by atoms with E-state index < -0.39 is 18.1 Å². The fraction of sp³-hybridized carbons (Fsp3) is 0.867. The maximum absolute atomic E-state index is 11.9. The summed E-state index contributed by atoms with van der Waals surface area (Å²) in [5, 5.41) is 11.9. The molecule has 0 bridgehead atoms. The number of hydrogen-bond acceptors (Lipinski definition) is 3. The lowest BCUT2D eigenvalue weighted by atomic mass is 9.85. The van der Waals surface area contributed by atoms with Crippen molar-refractivity contribution < 1.29 is 14.7 Å². The lowest BCUT2D eigenvalue weighted by Crippen LogP contribution is -2.49. The average Bonchev–Trinajstić information content (AvgIpc) is 2.44. The van der Waals surface area contributed by atoms with E-state index in [0.717, 1.165) is 25.7 Å². The predicted octanol–water partition coefficient (Wildman–Crippen LogP) is 2.04. The number of carboxylic acid groups (broad SMARTS) is 1. The molecule has 1 saturated carbocycles. The molecule has 0 aromatic rings. The first-order valence-electron chi connectivity index (χ1n) is 7.83. The minimum Gasteiger partial charge on any atom is -0.480 e. The zero-order valence-corrected chi connectivity index (χ0v) is 12.4. The molecule has 5 heteroatoms. The van der Waals surface area contributed by atoms with Crippen molar-refractivity contribution in [3.8, 4) is 0 Å². The van der Waals surface area contributed by atoms with Crippen molar-refractivity contribution in [2.45, 2.75) is 76.8 Å². The quantitative estimate of drug-likeness (QED) is 0.636. The van der Waals surface area contributed by atoms with Crippen LogP contribution >= 0.6 is 0 Å². The van der Waals surface area contributed by atoms with Crippen LogP contribution in [0.4, 0.5) is 0 Å². The van der Waals surface area contributed by atoms with Gasteiger partial charge in [-0.15, -0.1) is 0 Å². The third-order valence-electron chi connectivity index (χ3n) is 4.11. The molecule has 0 saturated heterocycles. The van der Waals surface area contributed by atoms with Gasteiger partial charge in [-0.2, -0.15) is 0 Å². The molecular weight excluding hydrogens is 256 g/mol. The molecule has 2 atom stereocenters. The van der Waals surface area contributed by atoms with Gasteiger partial charge in [0.2, 0.25) is 5.91 Å². The highest BCUT2D eigenvalue weighted by Gasteiger charge is 2.26. The van der Waals surface area contributed by atoms with Gasteiger partial charge in [-0.05, 0) is 18.8 Å². The standard InChI is InChI=1S/C15H28N2O3/c1-2-3-9-12(16)14(18)17-13(15(19)20)10-11-7-5-4-6-8-11/h11-13H,2-10,16H2,1H3,(H,17,18)(H,19,20)/t12-,13+/m1/s1. The molecule has 116 valence electrons. The van der Waals surface area contributed by atoms with Crippen molar-refractivity contribution in [1.29, 1.82) is 0 Å². The van der Waals surface area contributed by atoms with Gasteiger partial charge >= 0.3 is 5.97 Å². The molecule has 0 aromatic carbocycles. The van der Waals surface area contributed by atoms with E-state index in [2.05, 4.69) is 5.32 Å². The number of carbonyl (C=O) groups is 2. The number of carboxylic acids is 1. The van der Waals surface area contributed by atoms with Crippen LogP contribution in [0.3, 0.4) is 0 Å². The van der Waals surface area contributed by atoms with Crippen LogP contribution in [0.25, 0.3) is 0 Å². The van der Waals surface area contributed by atoms with Gasteiger partial charge in [0.1, 0.15) is 6.04 Å². The van der Waals surface area contributed by atoms with E-state index in [1.807, 2.05) is 6.92 Å². The van der Waals surface area contributed by atoms with Gasteiger partial charge in [-0.25, -0.2) is 4.79 Å². The Morgan fingerprint density at radius 3 is 2.50 bits per heavy atom. The van der Waals surface area contributed by atoms with E-state index in [-0.39, 0.29) is 5.91 Å². The van der Waals surface area contributed by atoms with E-state index in [1.165, 1.54) is 19.3 Å². The van der Waals surface area contributed by atoms with Crippen molar-refractivity contribution in [3.63, 3.8) is 0 Å². The van der Waals surface area contributed by atoms with Crippen LogP contribution in [0.5, 0.6) is 0 Å². The van der Waals surface area contributed by atoms with Crippen LogP contribution in [0, 0.1) is 5.92 Å². The van der Waals surface area contributed by atoms with Gasteiger partial charge < -0.3 is 16.2 Å². The van der Waals surface area contributed by atoms with Crippen LogP contribution in [-0.2, 0) is 9.59 Å². The molecule has 0 aromatic heterocycles. The highest BCUT2D eigenvalue weighted by atomic mass is 16.4. The second kappa shape index (κ2) is 8.95. The van der Waals surface area contributed by atoms with Crippen molar-refractivity contribution >= 4 is 11.9 Å². The number of nitrogens with one attached hydrogen (secondary N) is 1. The Morgan fingerprint density at radius 2 is 1.95 bits per heavy atom. The molecule has 0 heterocycles. The Bertz CT molecular complexity index is 314. The summed E-state index contributed by atoms with van der Waals surface area (Å²) < 4.78 is 0. The maximum Gasteiger partial charge on any atom is 0.326 e. The van der Waals surface area contributed by atoms with Crippen LogP contribution in [0.15, 0.2) is 0 Å². The van der Waals surface area contributed by atoms with Gasteiger partial charge in [0.25, 0.3) is 0 Å². The molecule has 5 nitrogen and oxygen atoms in total. The number of hydrogen-bond donors (Lipinski definition) is 3. The molecule has 1 aliphatic carbocycles. The maximum atomic E-state index is 11.9. The normalized spacial score (nSPS) is 19.3. The Labute approximate surface area is 121 Å². The van der Waals surface area contributed by atoms with Crippen LogP contribution in [0.2, 0.25) is 0 Å². The Balaban J connectivity index is 2.45. The molecule has 4 N–H and O–H groups in total. The zero-order valence-electron chi connectivity index (χ0n) is 12.4. The summed E-state index contributed by atoms with van der Waals surface area (Å²) in [6, 6.07) is -1.39. The zero-order chi connectivity index (χ0) is 15.0. The van der Waals surface area contributed by atoms with E-state index >= 15 is 0 Å². The lowest BCUT2D eigenvalue weighted by molar-refractivity contribution is -0.142. The third-order valence-corrected chi connectivity index (χ3v) is 4.11. The second-order valence-corrected chi connectivity index (χ2v) is 5.89. The lowest BCUT2D eigenvalue weighted by Gasteiger charge is -2.25. The molecule has 1 rings (SSSR count). The minimum atomic E-state index is -0.952. The summed E-state index contributed by atoms with van der Waals surface area (Å²) in [6.07, 6.45) is 8.72. The fourth-order valence-electron chi connectivity index (χ4n) is 2.81. The number of nitrogens with two attached hydrogens (primary N) is 1. The number of aliphatic carboxylic acids is 1. The smallest absolute Gasteiger partial charge is 0.326 e. The molecule has 1 fully saturated rings. The number of carbonyl (C=O) groups excluding carboxylic acids is 1. The van der Waals surface area contributed by atoms with E-state index in [4.69, 9.17) is 5.73 Å². The Kier molecular flexibility index (Phi) is 7.59. The number of amides is 1. The van der Waals surface area contributed by atoms with Crippen LogP contribution < -0.4 is 11.1 Å². The van der Waals surface area contributed by atoms with E-state index in [1.54, 1.807) is 0 Å². The van der Waals surface area contributed by atoms with Gasteiger partial charge in [0, 0.05) is 0 Å². The summed E-state index contributed by atoms with van der Waals surface area (Å²) >= 11 is 0. The molecule has 0 spiro atoms. The SMILES string of the molecule is CCCC[C@@H](N)C(=O)N[C@@H](CC1CCCCC1)C(=O)O. The number of unbranched alkanes of at least 4 members (excludes halogenated alkanes) is 1. The topological polar surface area (TPSA) is 92.4 Å². The first kappa shape index (κ1) is 17.0. The van der Waals surface area contributed by atoms with Crippen LogP contribution in [-0.4, -0.2) is 29.1 Å². The monoisotopic (exact) mass is 284 g/mol. The fourth-order valence-corrected chi connectivity index (χ4v) is 2.81. The van der Waals surface area contributed by atoms with Crippen molar-refractivity contribution in [2.24, 2.45) is 11.7 Å². The van der Waals surface area contributed by atoms with E-state index in [9.17, 15) is 14.7 Å². The van der Waals surface area contributed by atoms with Crippen molar-refractivity contribution in [3.05, 3.63) is 0 Å². The summed E-state index contributed by atoms with van der Waals surface area (Å²) in [5.74, 6) is -0.870. The molecule has 0 radical (unpaired) electrons. The van der Waals surface area contributed by atoms with Gasteiger partial charge in [-0.1, -0.05) is 51.9 Å². The Morgan fingerprint density at radius 1 is 1.30 bits per heavy atom. The molecule has 0 unspecified atom stereocenters. The highest BCUT2D eigenvalue weighted by Crippen LogP contribution is 2.27. The van der Waals surface area contributed by atoms with Crippen molar-refractivity contribution in [2.75, 3.05) is 0 Å².